The molecule has 0 amide bonds. The average molecular weight is 458 g/mol. The molecule has 3 nitrogen and oxygen atoms in total. The van der Waals surface area contributed by atoms with Crippen LogP contribution in [-0.2, 0) is 12.5 Å². The minimum atomic E-state index is -2.77. The van der Waals surface area contributed by atoms with Gasteiger partial charge in [-0.3, -0.25) is 4.98 Å². The van der Waals surface area contributed by atoms with Crippen molar-refractivity contribution in [2.45, 2.75) is 52.6 Å². The second kappa shape index (κ2) is 7.02. The number of benzene rings is 2. The van der Waals surface area contributed by atoms with Gasteiger partial charge in [0.15, 0.2) is 6.20 Å². The molecule has 2 atom stereocenters. The molecule has 0 fully saturated rings. The number of rotatable bonds is 2. The van der Waals surface area contributed by atoms with Gasteiger partial charge in [-0.15, -0.1) is 0 Å². The Hall–Kier alpha value is -3.46. The van der Waals surface area contributed by atoms with Gasteiger partial charge in [-0.2, -0.15) is 0 Å². The van der Waals surface area contributed by atoms with Gasteiger partial charge in [0.2, 0.25) is 5.69 Å². The molecule has 0 aliphatic heterocycles. The van der Waals surface area contributed by atoms with Crippen LogP contribution in [0, 0.1) is 13.8 Å². The van der Waals surface area contributed by atoms with Crippen molar-refractivity contribution in [3.8, 4) is 22.4 Å². The first kappa shape index (κ1) is 12.9. The van der Waals surface area contributed by atoms with Crippen LogP contribution >= 0.6 is 0 Å². The van der Waals surface area contributed by atoms with E-state index in [1.54, 1.807) is 30.8 Å². The molecule has 170 valence electrons. The van der Waals surface area contributed by atoms with Gasteiger partial charge in [-0.05, 0) is 60.1 Å². The molecule has 1 aliphatic rings. The van der Waals surface area contributed by atoms with Crippen molar-refractivity contribution in [1.82, 2.24) is 4.98 Å². The SMILES string of the molecule is [2H]C([2H])([2H])c1cc(-c2c(C)ccc3c2oc2cc4c(cc23)C(C)(C([2H])([2H])[2H])c2ncccc2-4)[n+](C)cc1C([2H])(C)C([2H])([2H])[2H]. The number of aromatic nitrogens is 2. The van der Waals surface area contributed by atoms with Gasteiger partial charge in [-0.1, -0.05) is 45.8 Å². The summed E-state index contributed by atoms with van der Waals surface area (Å²) in [7, 11) is 1.68. The fraction of sp³-hybridized carbons (Fsp3) is 0.290. The number of fused-ring (bicyclic) bond motifs is 6. The molecular formula is C31H31N2O+. The summed E-state index contributed by atoms with van der Waals surface area (Å²) in [6, 6.07) is 12.6. The number of aryl methyl sites for hydroxylation is 3. The van der Waals surface area contributed by atoms with Gasteiger partial charge in [-0.25, -0.2) is 4.57 Å². The molecule has 3 aromatic heterocycles. The number of hydrogen-bond acceptors (Lipinski definition) is 2. The highest BCUT2D eigenvalue weighted by Gasteiger charge is 2.37. The van der Waals surface area contributed by atoms with Crippen LogP contribution in [0.15, 0.2) is 59.3 Å². The predicted octanol–water partition coefficient (Wildman–Crippen LogP) is 7.52. The summed E-state index contributed by atoms with van der Waals surface area (Å²) in [4.78, 5) is 4.49. The second-order valence-electron chi connectivity index (χ2n) is 9.38. The van der Waals surface area contributed by atoms with Gasteiger partial charge in [0, 0.05) is 53.3 Å². The summed E-state index contributed by atoms with van der Waals surface area (Å²) in [5.41, 5.74) is 3.80. The monoisotopic (exact) mass is 457 g/mol. The van der Waals surface area contributed by atoms with E-state index in [0.29, 0.717) is 44.5 Å². The highest BCUT2D eigenvalue weighted by molar-refractivity contribution is 6.11. The van der Waals surface area contributed by atoms with Crippen molar-refractivity contribution in [2.24, 2.45) is 7.05 Å². The van der Waals surface area contributed by atoms with E-state index in [9.17, 15) is 0 Å². The summed E-state index contributed by atoms with van der Waals surface area (Å²) >= 11 is 0. The Labute approximate surface area is 215 Å². The van der Waals surface area contributed by atoms with Crippen LogP contribution in [-0.4, -0.2) is 4.98 Å². The molecule has 0 spiro atoms. The molecule has 3 heteroatoms. The van der Waals surface area contributed by atoms with E-state index in [2.05, 4.69) is 4.98 Å². The maximum absolute atomic E-state index is 8.66. The molecule has 0 radical (unpaired) electrons. The van der Waals surface area contributed by atoms with Crippen LogP contribution < -0.4 is 4.57 Å². The molecule has 2 unspecified atom stereocenters. The Bertz CT molecular complexity index is 2000. The van der Waals surface area contributed by atoms with Gasteiger partial charge in [0.25, 0.3) is 0 Å². The van der Waals surface area contributed by atoms with Gasteiger partial charge in [0.1, 0.15) is 18.2 Å². The molecule has 3 heterocycles. The molecule has 1 aliphatic carbocycles. The van der Waals surface area contributed by atoms with Crippen molar-refractivity contribution in [1.29, 1.82) is 0 Å². The van der Waals surface area contributed by atoms with Crippen LogP contribution in [0.2, 0.25) is 0 Å². The van der Waals surface area contributed by atoms with Crippen molar-refractivity contribution >= 4 is 21.9 Å². The third kappa shape index (κ3) is 2.76. The van der Waals surface area contributed by atoms with Gasteiger partial charge < -0.3 is 4.42 Å². The van der Waals surface area contributed by atoms with Gasteiger partial charge in [0.05, 0.1) is 11.3 Å². The Morgan fingerprint density at radius 3 is 2.79 bits per heavy atom. The first-order valence-electron chi connectivity index (χ1n) is 16.2. The lowest BCUT2D eigenvalue weighted by Gasteiger charge is -2.19. The molecule has 0 saturated heterocycles. The summed E-state index contributed by atoms with van der Waals surface area (Å²) < 4.78 is 90.7. The highest BCUT2D eigenvalue weighted by atomic mass is 16.3. The Kier molecular flexibility index (Phi) is 2.65. The van der Waals surface area contributed by atoms with Crippen LogP contribution in [0.4, 0.5) is 0 Å². The number of furan rings is 1. The minimum Gasteiger partial charge on any atom is -0.455 e. The van der Waals surface area contributed by atoms with E-state index in [-0.39, 0.29) is 11.1 Å². The summed E-state index contributed by atoms with van der Waals surface area (Å²) in [5.74, 6) is -2.17. The Morgan fingerprint density at radius 2 is 2.00 bits per heavy atom. The van der Waals surface area contributed by atoms with E-state index in [0.717, 1.165) is 16.7 Å². The zero-order valence-corrected chi connectivity index (χ0v) is 19.5. The number of pyridine rings is 2. The van der Waals surface area contributed by atoms with Crippen LogP contribution in [0.1, 0.15) is 75.1 Å². The summed E-state index contributed by atoms with van der Waals surface area (Å²) in [6.07, 6.45) is 3.01. The lowest BCUT2D eigenvalue weighted by Crippen LogP contribution is -2.32. The molecule has 34 heavy (non-hydrogen) atoms. The van der Waals surface area contributed by atoms with Gasteiger partial charge >= 0.3 is 0 Å². The summed E-state index contributed by atoms with van der Waals surface area (Å²) in [6.45, 7) is -3.07. The number of hydrogen-bond donors (Lipinski definition) is 0. The maximum Gasteiger partial charge on any atom is 0.216 e. The normalized spacial score (nSPS) is 24.2. The molecule has 6 rings (SSSR count). The zero-order valence-electron chi connectivity index (χ0n) is 29.5. The fourth-order valence-corrected chi connectivity index (χ4v) is 5.28. The lowest BCUT2D eigenvalue weighted by molar-refractivity contribution is -0.660. The van der Waals surface area contributed by atoms with Crippen molar-refractivity contribution in [3.63, 3.8) is 0 Å². The molecule has 0 N–H and O–H groups in total. The molecule has 0 saturated carbocycles. The van der Waals surface area contributed by atoms with E-state index in [1.807, 2.05) is 37.3 Å². The third-order valence-electron chi connectivity index (χ3n) is 7.03. The van der Waals surface area contributed by atoms with Crippen molar-refractivity contribution in [3.05, 3.63) is 82.8 Å². The fourth-order valence-electron chi connectivity index (χ4n) is 5.28. The van der Waals surface area contributed by atoms with E-state index in [1.165, 1.54) is 19.2 Å². The average Bonchev–Trinajstić information content (AvgIpc) is 3.39. The standard InChI is InChI=1S/C31H31N2O/c1-17(2)24-16-33(7)26(13-19(24)4)28-18(3)10-11-20-23-14-25-22(15-27(23)34-29(20)28)21-9-8-12-32-30(21)31(25,5)6/h8-17H,1-7H3/q+1/i1D3,4D3,5D3,17D. The molecule has 2 aromatic carbocycles. The van der Waals surface area contributed by atoms with Crippen LogP contribution in [0.25, 0.3) is 44.3 Å². The second-order valence-corrected chi connectivity index (χ2v) is 9.38. The van der Waals surface area contributed by atoms with E-state index >= 15 is 0 Å². The predicted molar refractivity (Wildman–Crippen MR) is 139 cm³/mol. The quantitative estimate of drug-likeness (QED) is 0.257. The van der Waals surface area contributed by atoms with E-state index < -0.39 is 31.9 Å². The van der Waals surface area contributed by atoms with Crippen molar-refractivity contribution < 1.29 is 22.7 Å². The number of nitrogens with zero attached hydrogens (tertiary/aromatic N) is 2. The minimum absolute atomic E-state index is 0.106. The first-order chi connectivity index (χ1) is 20.2. The lowest BCUT2D eigenvalue weighted by atomic mass is 9.84. The smallest absolute Gasteiger partial charge is 0.216 e. The Morgan fingerprint density at radius 1 is 1.12 bits per heavy atom. The topological polar surface area (TPSA) is 29.9 Å². The Balaban J connectivity index is 1.66. The maximum atomic E-state index is 8.66. The third-order valence-corrected chi connectivity index (χ3v) is 7.03. The molecule has 5 aromatic rings. The summed E-state index contributed by atoms with van der Waals surface area (Å²) in [5, 5.41) is 1.42. The van der Waals surface area contributed by atoms with Crippen LogP contribution in [0.5, 0.6) is 0 Å². The zero-order chi connectivity index (χ0) is 32.4. The highest BCUT2D eigenvalue weighted by Crippen LogP contribution is 2.50. The van der Waals surface area contributed by atoms with Crippen LogP contribution in [0.3, 0.4) is 0 Å². The van der Waals surface area contributed by atoms with Crippen molar-refractivity contribution in [2.75, 3.05) is 0 Å². The largest absolute Gasteiger partial charge is 0.455 e. The molecule has 0 bridgehead atoms. The first-order valence-corrected chi connectivity index (χ1v) is 11.2. The van der Waals surface area contributed by atoms with E-state index in [4.69, 9.17) is 18.1 Å². The molecular weight excluding hydrogens is 416 g/mol.